The molecule has 5 aromatic rings. The topological polar surface area (TPSA) is 79.7 Å². The van der Waals surface area contributed by atoms with Gasteiger partial charge in [0.05, 0.1) is 12.1 Å². The van der Waals surface area contributed by atoms with Crippen LogP contribution in [-0.4, -0.2) is 31.7 Å². The second-order valence-corrected chi connectivity index (χ2v) is 9.67. The lowest BCUT2D eigenvalue weighted by molar-refractivity contribution is 0.554. The third-order valence-electron chi connectivity index (χ3n) is 7.38. The van der Waals surface area contributed by atoms with E-state index < -0.39 is 6.04 Å². The van der Waals surface area contributed by atoms with E-state index in [1.54, 1.807) is 16.8 Å². The van der Waals surface area contributed by atoms with Gasteiger partial charge in [0.1, 0.15) is 11.9 Å². The predicted molar refractivity (Wildman–Crippen MR) is 141 cm³/mol. The molecule has 0 saturated heterocycles. The first-order chi connectivity index (χ1) is 18.0. The maximum absolute atomic E-state index is 13.7. The fourth-order valence-corrected chi connectivity index (χ4v) is 5.30. The molecule has 1 aliphatic rings. The number of para-hydroxylation sites is 1. The van der Waals surface area contributed by atoms with Crippen LogP contribution in [0.3, 0.4) is 0 Å². The number of fused-ring (bicyclic) bond motifs is 2. The normalized spacial score (nSPS) is 14.1. The van der Waals surface area contributed by atoms with Gasteiger partial charge in [-0.25, -0.2) is 9.07 Å². The third-order valence-corrected chi connectivity index (χ3v) is 7.38. The van der Waals surface area contributed by atoms with Gasteiger partial charge >= 0.3 is 0 Å². The van der Waals surface area contributed by atoms with Crippen molar-refractivity contribution < 1.29 is 4.39 Å². The van der Waals surface area contributed by atoms with E-state index in [1.165, 1.54) is 17.7 Å². The molecule has 6 rings (SSSR count). The lowest BCUT2D eigenvalue weighted by atomic mass is 9.95. The Morgan fingerprint density at radius 2 is 1.86 bits per heavy atom. The van der Waals surface area contributed by atoms with E-state index in [-0.39, 0.29) is 11.4 Å². The molecule has 7 nitrogen and oxygen atoms in total. The summed E-state index contributed by atoms with van der Waals surface area (Å²) in [5.74, 6) is 0.270. The van der Waals surface area contributed by atoms with Crippen LogP contribution in [0.2, 0.25) is 0 Å². The molecule has 0 amide bonds. The van der Waals surface area contributed by atoms with Gasteiger partial charge in [-0.3, -0.25) is 4.79 Å². The largest absolute Gasteiger partial charge is 0.357 e. The molecular weight excluding hydrogens is 467 g/mol. The average Bonchev–Trinajstić information content (AvgIpc) is 3.36. The number of aromatic amines is 1. The van der Waals surface area contributed by atoms with Crippen molar-refractivity contribution in [1.29, 1.82) is 0 Å². The van der Waals surface area contributed by atoms with Gasteiger partial charge < -0.3 is 9.88 Å². The van der Waals surface area contributed by atoms with Crippen LogP contribution in [-0.2, 0) is 13.0 Å². The molecule has 8 heteroatoms. The number of pyridine rings is 1. The summed E-state index contributed by atoms with van der Waals surface area (Å²) in [6.07, 6.45) is 1.93. The first-order valence-corrected chi connectivity index (χ1v) is 12.5. The molecule has 0 aliphatic carbocycles. The summed E-state index contributed by atoms with van der Waals surface area (Å²) in [6.45, 7) is 5.18. The van der Waals surface area contributed by atoms with E-state index in [0.29, 0.717) is 17.9 Å². The highest BCUT2D eigenvalue weighted by Gasteiger charge is 2.33. The Morgan fingerprint density at radius 3 is 2.70 bits per heavy atom. The van der Waals surface area contributed by atoms with Crippen molar-refractivity contribution in [2.45, 2.75) is 39.3 Å². The zero-order chi connectivity index (χ0) is 25.5. The minimum absolute atomic E-state index is 0.161. The van der Waals surface area contributed by atoms with Gasteiger partial charge in [-0.15, -0.1) is 5.10 Å². The van der Waals surface area contributed by atoms with Gasteiger partial charge in [-0.1, -0.05) is 42.5 Å². The summed E-state index contributed by atoms with van der Waals surface area (Å²) in [5.41, 5.74) is 6.63. The number of nitrogens with one attached hydrogen (secondary N) is 1. The van der Waals surface area contributed by atoms with Crippen molar-refractivity contribution in [1.82, 2.24) is 25.2 Å². The maximum Gasteiger partial charge on any atom is 0.254 e. The number of hydrogen-bond donors (Lipinski definition) is 1. The second-order valence-electron chi connectivity index (χ2n) is 9.67. The molecule has 0 spiro atoms. The highest BCUT2D eigenvalue weighted by Crippen LogP contribution is 2.37. The van der Waals surface area contributed by atoms with Crippen LogP contribution in [0.5, 0.6) is 0 Å². The number of aromatic nitrogens is 5. The fraction of sp³-hybridized carbons (Fsp3) is 0.241. The smallest absolute Gasteiger partial charge is 0.254 e. The van der Waals surface area contributed by atoms with Gasteiger partial charge in [0, 0.05) is 17.8 Å². The first-order valence-electron chi connectivity index (χ1n) is 12.5. The number of tetrazole rings is 1. The summed E-state index contributed by atoms with van der Waals surface area (Å²) in [6, 6.07) is 20.2. The number of hydrogen-bond acceptors (Lipinski definition) is 5. The van der Waals surface area contributed by atoms with Gasteiger partial charge in [0.25, 0.3) is 5.56 Å². The Balaban J connectivity index is 1.54. The number of halogens is 1. The Bertz CT molecular complexity index is 1660. The molecule has 3 heterocycles. The van der Waals surface area contributed by atoms with Crippen LogP contribution < -0.4 is 10.5 Å². The van der Waals surface area contributed by atoms with Crippen molar-refractivity contribution in [3.63, 3.8) is 0 Å². The van der Waals surface area contributed by atoms with E-state index in [1.807, 2.05) is 38.1 Å². The minimum Gasteiger partial charge on any atom is -0.357 e. The molecule has 1 atom stereocenters. The third kappa shape index (κ3) is 4.18. The zero-order valence-corrected chi connectivity index (χ0v) is 20.8. The quantitative estimate of drug-likeness (QED) is 0.377. The summed E-state index contributed by atoms with van der Waals surface area (Å²) in [5, 5.41) is 13.7. The molecule has 0 radical (unpaired) electrons. The van der Waals surface area contributed by atoms with Crippen molar-refractivity contribution in [2.24, 2.45) is 0 Å². The van der Waals surface area contributed by atoms with E-state index >= 15 is 0 Å². The molecule has 1 unspecified atom stereocenters. The predicted octanol–water partition coefficient (Wildman–Crippen LogP) is 4.86. The number of benzene rings is 3. The van der Waals surface area contributed by atoms with Crippen LogP contribution in [0.4, 0.5) is 10.1 Å². The van der Waals surface area contributed by atoms with Crippen LogP contribution in [0.25, 0.3) is 10.9 Å². The van der Waals surface area contributed by atoms with E-state index in [4.69, 9.17) is 0 Å². The highest BCUT2D eigenvalue weighted by atomic mass is 19.1. The summed E-state index contributed by atoms with van der Waals surface area (Å²) in [4.78, 5) is 19.1. The minimum atomic E-state index is -0.508. The monoisotopic (exact) mass is 494 g/mol. The molecule has 2 aromatic heterocycles. The average molecular weight is 495 g/mol. The van der Waals surface area contributed by atoms with Crippen molar-refractivity contribution in [3.05, 3.63) is 117 Å². The van der Waals surface area contributed by atoms with Crippen molar-refractivity contribution in [2.75, 3.05) is 11.4 Å². The molecule has 1 N–H and O–H groups in total. The Kier molecular flexibility index (Phi) is 5.79. The molecule has 1 aliphatic heterocycles. The molecule has 3 aromatic carbocycles. The van der Waals surface area contributed by atoms with Gasteiger partial charge in [-0.05, 0) is 89.0 Å². The zero-order valence-electron chi connectivity index (χ0n) is 20.8. The summed E-state index contributed by atoms with van der Waals surface area (Å²) >= 11 is 0. The van der Waals surface area contributed by atoms with E-state index in [2.05, 4.69) is 43.6 Å². The number of aryl methyl sites for hydroxylation is 3. The van der Waals surface area contributed by atoms with Gasteiger partial charge in [0.15, 0.2) is 5.82 Å². The number of H-pyrrole nitrogens is 1. The highest BCUT2D eigenvalue weighted by molar-refractivity contribution is 5.83. The fourth-order valence-electron chi connectivity index (χ4n) is 5.30. The van der Waals surface area contributed by atoms with Gasteiger partial charge in [0.2, 0.25) is 0 Å². The lowest BCUT2D eigenvalue weighted by Gasteiger charge is -2.37. The summed E-state index contributed by atoms with van der Waals surface area (Å²) in [7, 11) is 0. The standard InChI is InChI=1S/C29H27FN6O/c1-18-9-12-22-16-24(29(37)31-26(22)19(18)2)27(35-15-5-7-21-6-3-4-8-25(21)35)28-32-33-34-36(28)17-20-10-13-23(30)14-11-20/h3-4,6,8-14,16,27H,5,7,15,17H2,1-2H3,(H,31,37). The van der Waals surface area contributed by atoms with Crippen molar-refractivity contribution >= 4 is 16.6 Å². The van der Waals surface area contributed by atoms with Crippen LogP contribution in [0.1, 0.15) is 46.1 Å². The van der Waals surface area contributed by atoms with Crippen LogP contribution >= 0.6 is 0 Å². The number of nitrogens with zero attached hydrogens (tertiary/aromatic N) is 5. The SMILES string of the molecule is Cc1ccc2cc(C(c3nnnn3Cc3ccc(F)cc3)N3CCCc4ccccc43)c(=O)[nH]c2c1C. The number of rotatable bonds is 5. The lowest BCUT2D eigenvalue weighted by Crippen LogP contribution is -2.38. The van der Waals surface area contributed by atoms with E-state index in [9.17, 15) is 9.18 Å². The Morgan fingerprint density at radius 1 is 1.05 bits per heavy atom. The molecule has 37 heavy (non-hydrogen) atoms. The van der Waals surface area contributed by atoms with E-state index in [0.717, 1.165) is 52.7 Å². The Hall–Kier alpha value is -4.33. The van der Waals surface area contributed by atoms with Crippen LogP contribution in [0, 0.1) is 19.7 Å². The van der Waals surface area contributed by atoms with Crippen molar-refractivity contribution in [3.8, 4) is 0 Å². The van der Waals surface area contributed by atoms with Gasteiger partial charge in [-0.2, -0.15) is 0 Å². The van der Waals surface area contributed by atoms with Crippen LogP contribution in [0.15, 0.2) is 71.5 Å². The molecular formula is C29H27FN6O. The first kappa shape index (κ1) is 23.1. The number of anilines is 1. The molecule has 0 bridgehead atoms. The molecule has 186 valence electrons. The molecule has 0 fully saturated rings. The second kappa shape index (κ2) is 9.28. The Labute approximate surface area is 213 Å². The summed E-state index contributed by atoms with van der Waals surface area (Å²) < 4.78 is 15.2. The molecule has 0 saturated carbocycles. The maximum atomic E-state index is 13.7.